The Kier molecular flexibility index (Phi) is 8.28. The van der Waals surface area contributed by atoms with Crippen molar-refractivity contribution >= 4 is 17.4 Å². The van der Waals surface area contributed by atoms with E-state index in [1.54, 1.807) is 18.2 Å². The molecule has 1 N–H and O–H groups in total. The Bertz CT molecular complexity index is 1060. The highest BCUT2D eigenvalue weighted by molar-refractivity contribution is 6.46. The van der Waals surface area contributed by atoms with Gasteiger partial charge in [0, 0.05) is 18.7 Å². The molecule has 0 bridgehead atoms. The van der Waals surface area contributed by atoms with E-state index >= 15 is 0 Å². The highest BCUT2D eigenvalue weighted by Crippen LogP contribution is 2.41. The van der Waals surface area contributed by atoms with Crippen LogP contribution in [0.5, 0.6) is 11.5 Å². The molecule has 1 saturated heterocycles. The van der Waals surface area contributed by atoms with E-state index in [0.29, 0.717) is 36.8 Å². The number of ketones is 1. The number of halogens is 1. The van der Waals surface area contributed by atoms with Gasteiger partial charge in [-0.25, -0.2) is 4.39 Å². The number of rotatable bonds is 10. The highest BCUT2D eigenvalue weighted by Gasteiger charge is 2.46. The van der Waals surface area contributed by atoms with E-state index in [0.717, 1.165) is 13.1 Å². The third-order valence-electron chi connectivity index (χ3n) is 6.01. The fourth-order valence-electron chi connectivity index (χ4n) is 4.14. The van der Waals surface area contributed by atoms with Crippen LogP contribution in [0.4, 0.5) is 4.39 Å². The lowest BCUT2D eigenvalue weighted by molar-refractivity contribution is -0.140. The van der Waals surface area contributed by atoms with Gasteiger partial charge in [-0.1, -0.05) is 19.9 Å². The van der Waals surface area contributed by atoms with Crippen molar-refractivity contribution in [1.29, 1.82) is 0 Å². The number of aliphatic hydroxyl groups excluding tert-OH is 1. The van der Waals surface area contributed by atoms with Gasteiger partial charge < -0.3 is 24.4 Å². The number of benzene rings is 2. The molecule has 182 valence electrons. The van der Waals surface area contributed by atoms with E-state index in [1.165, 1.54) is 36.3 Å². The second kappa shape index (κ2) is 11.2. The van der Waals surface area contributed by atoms with Crippen molar-refractivity contribution in [3.63, 3.8) is 0 Å². The predicted octanol–water partition coefficient (Wildman–Crippen LogP) is 4.00. The summed E-state index contributed by atoms with van der Waals surface area (Å²) >= 11 is 0. The molecule has 1 heterocycles. The number of Topliss-reactive ketones (excluding diaryl/α,β-unsaturated/α-hetero) is 1. The van der Waals surface area contributed by atoms with E-state index in [2.05, 4.69) is 4.90 Å². The Morgan fingerprint density at radius 1 is 1.06 bits per heavy atom. The van der Waals surface area contributed by atoms with E-state index in [-0.39, 0.29) is 16.9 Å². The van der Waals surface area contributed by atoms with Crippen LogP contribution in [0, 0.1) is 5.82 Å². The number of carbonyl (C=O) groups is 2. The average Bonchev–Trinajstić information content (AvgIpc) is 3.10. The number of aliphatic hydroxyl groups is 1. The van der Waals surface area contributed by atoms with Crippen LogP contribution in [-0.2, 0) is 9.59 Å². The molecule has 1 amide bonds. The predicted molar refractivity (Wildman–Crippen MR) is 127 cm³/mol. The first-order valence-corrected chi connectivity index (χ1v) is 11.4. The summed E-state index contributed by atoms with van der Waals surface area (Å²) in [4.78, 5) is 29.9. The van der Waals surface area contributed by atoms with Crippen LogP contribution in [0.1, 0.15) is 37.9 Å². The van der Waals surface area contributed by atoms with Gasteiger partial charge in [0.15, 0.2) is 11.5 Å². The first kappa shape index (κ1) is 25.2. The van der Waals surface area contributed by atoms with E-state index in [1.807, 2.05) is 20.8 Å². The molecule has 8 heteroatoms. The highest BCUT2D eigenvalue weighted by atomic mass is 19.1. The van der Waals surface area contributed by atoms with Gasteiger partial charge in [0.1, 0.15) is 11.6 Å². The lowest BCUT2D eigenvalue weighted by Gasteiger charge is -2.28. The van der Waals surface area contributed by atoms with Gasteiger partial charge in [-0.05, 0) is 62.0 Å². The van der Waals surface area contributed by atoms with Crippen LogP contribution in [0.3, 0.4) is 0 Å². The van der Waals surface area contributed by atoms with Crippen molar-refractivity contribution in [1.82, 2.24) is 9.80 Å². The van der Waals surface area contributed by atoms with E-state index < -0.39 is 23.5 Å². The molecule has 1 aliphatic rings. The first-order chi connectivity index (χ1) is 16.4. The number of likely N-dealkylation sites (tertiary alicyclic amines) is 1. The number of hydrogen-bond acceptors (Lipinski definition) is 6. The Balaban J connectivity index is 2.14. The molecule has 3 rings (SSSR count). The summed E-state index contributed by atoms with van der Waals surface area (Å²) in [6.45, 7) is 8.84. The molecule has 0 saturated carbocycles. The molecule has 0 aliphatic carbocycles. The van der Waals surface area contributed by atoms with Gasteiger partial charge in [0.25, 0.3) is 11.7 Å². The largest absolute Gasteiger partial charge is 0.507 e. The quantitative estimate of drug-likeness (QED) is 0.321. The summed E-state index contributed by atoms with van der Waals surface area (Å²) in [6, 6.07) is 9.51. The Morgan fingerprint density at radius 3 is 2.32 bits per heavy atom. The number of nitrogens with zero attached hydrogens (tertiary/aromatic N) is 2. The fraction of sp³-hybridized carbons (Fsp3) is 0.385. The average molecular weight is 471 g/mol. The number of carbonyl (C=O) groups excluding carboxylic acids is 2. The Hall–Kier alpha value is -3.39. The SMILES string of the molecule is CCOc1ccc([C@@H]2C(=C(O)c3ccc(F)cc3)C(=O)C(=O)N2CCN(CC)CC)cc1OC. The summed E-state index contributed by atoms with van der Waals surface area (Å²) in [6.07, 6.45) is 0. The summed E-state index contributed by atoms with van der Waals surface area (Å²) in [7, 11) is 1.51. The minimum atomic E-state index is -0.829. The van der Waals surface area contributed by atoms with Crippen molar-refractivity contribution < 1.29 is 28.6 Å². The topological polar surface area (TPSA) is 79.3 Å². The standard InChI is InChI=1S/C26H31FN2O5/c1-5-28(6-2)14-15-29-23(18-10-13-20(34-7-3)21(16-18)33-4)22(25(31)26(29)32)24(30)17-8-11-19(27)12-9-17/h8-13,16,23,30H,5-7,14-15H2,1-4H3/t23-/m1/s1. The summed E-state index contributed by atoms with van der Waals surface area (Å²) in [5.74, 6) is -1.29. The molecule has 2 aromatic carbocycles. The minimum Gasteiger partial charge on any atom is -0.507 e. The molecule has 0 unspecified atom stereocenters. The van der Waals surface area contributed by atoms with Crippen LogP contribution < -0.4 is 9.47 Å². The maximum Gasteiger partial charge on any atom is 0.295 e. The van der Waals surface area contributed by atoms with Gasteiger partial charge in [-0.15, -0.1) is 0 Å². The van der Waals surface area contributed by atoms with Gasteiger partial charge in [0.05, 0.1) is 25.3 Å². The van der Waals surface area contributed by atoms with Crippen LogP contribution in [0.2, 0.25) is 0 Å². The molecule has 0 spiro atoms. The van der Waals surface area contributed by atoms with Gasteiger partial charge >= 0.3 is 0 Å². The van der Waals surface area contributed by atoms with Crippen molar-refractivity contribution in [2.75, 3.05) is 39.9 Å². The molecule has 0 radical (unpaired) electrons. The molecular formula is C26H31FN2O5. The van der Waals surface area contributed by atoms with Crippen molar-refractivity contribution in [3.05, 3.63) is 65.0 Å². The number of likely N-dealkylation sites (N-methyl/N-ethyl adjacent to an activating group) is 1. The summed E-state index contributed by atoms with van der Waals surface area (Å²) in [5, 5.41) is 11.1. The maximum absolute atomic E-state index is 13.4. The van der Waals surface area contributed by atoms with Gasteiger partial charge in [0.2, 0.25) is 0 Å². The fourth-order valence-corrected chi connectivity index (χ4v) is 4.14. The zero-order valence-electron chi connectivity index (χ0n) is 20.0. The Morgan fingerprint density at radius 2 is 1.74 bits per heavy atom. The third-order valence-corrected chi connectivity index (χ3v) is 6.01. The zero-order valence-corrected chi connectivity index (χ0v) is 20.0. The van der Waals surface area contributed by atoms with Gasteiger partial charge in [-0.3, -0.25) is 9.59 Å². The van der Waals surface area contributed by atoms with E-state index in [9.17, 15) is 19.1 Å². The molecule has 0 aromatic heterocycles. The molecule has 1 fully saturated rings. The molecule has 34 heavy (non-hydrogen) atoms. The van der Waals surface area contributed by atoms with Crippen molar-refractivity contribution in [3.8, 4) is 11.5 Å². The third kappa shape index (κ3) is 5.07. The smallest absolute Gasteiger partial charge is 0.295 e. The summed E-state index contributed by atoms with van der Waals surface area (Å²) in [5.41, 5.74) is 0.816. The molecule has 1 aliphatic heterocycles. The molecular weight excluding hydrogens is 439 g/mol. The second-order valence-corrected chi connectivity index (χ2v) is 7.87. The Labute approximate surface area is 199 Å². The van der Waals surface area contributed by atoms with Crippen LogP contribution in [0.15, 0.2) is 48.0 Å². The number of amides is 1. The number of hydrogen-bond donors (Lipinski definition) is 1. The second-order valence-electron chi connectivity index (χ2n) is 7.87. The zero-order chi connectivity index (χ0) is 24.8. The number of ether oxygens (including phenoxy) is 2. The van der Waals surface area contributed by atoms with Crippen LogP contribution in [-0.4, -0.2) is 66.5 Å². The maximum atomic E-state index is 13.4. The van der Waals surface area contributed by atoms with Crippen LogP contribution in [0.25, 0.3) is 5.76 Å². The van der Waals surface area contributed by atoms with Crippen LogP contribution >= 0.6 is 0 Å². The molecule has 2 aromatic rings. The first-order valence-electron chi connectivity index (χ1n) is 11.4. The molecule has 7 nitrogen and oxygen atoms in total. The minimum absolute atomic E-state index is 0.0395. The lowest BCUT2D eigenvalue weighted by atomic mass is 9.95. The monoisotopic (exact) mass is 470 g/mol. The van der Waals surface area contributed by atoms with Crippen molar-refractivity contribution in [2.45, 2.75) is 26.8 Å². The molecule has 1 atom stereocenters. The summed E-state index contributed by atoms with van der Waals surface area (Å²) < 4.78 is 24.5. The lowest BCUT2D eigenvalue weighted by Crippen LogP contribution is -2.38. The van der Waals surface area contributed by atoms with Crippen molar-refractivity contribution in [2.24, 2.45) is 0 Å². The van der Waals surface area contributed by atoms with E-state index in [4.69, 9.17) is 9.47 Å². The van der Waals surface area contributed by atoms with Gasteiger partial charge in [-0.2, -0.15) is 0 Å². The number of methoxy groups -OCH3 is 1. The normalized spacial score (nSPS) is 17.5.